The van der Waals surface area contributed by atoms with E-state index in [0.717, 1.165) is 10.8 Å². The maximum Gasteiger partial charge on any atom is 0.269 e. The molecule has 0 heterocycles. The van der Waals surface area contributed by atoms with E-state index in [0.29, 0.717) is 12.1 Å². The predicted molar refractivity (Wildman–Crippen MR) is 68.9 cm³/mol. The number of nitrogens with zero attached hydrogens (tertiary/aromatic N) is 1. The number of carbonyl (C=O) groups is 1. The Bertz CT molecular complexity index is 378. The lowest BCUT2D eigenvalue weighted by atomic mass is 10.2. The Labute approximate surface area is 107 Å². The van der Waals surface area contributed by atoms with Gasteiger partial charge in [-0.2, -0.15) is 0 Å². The highest BCUT2D eigenvalue weighted by molar-refractivity contribution is 14.1. The lowest BCUT2D eigenvalue weighted by Crippen LogP contribution is -2.24. The first-order chi connectivity index (χ1) is 7.65. The second kappa shape index (κ2) is 6.41. The Hall–Kier alpha value is -1.18. The number of nitrogens with one attached hydrogen (secondary N) is 1. The molecule has 0 unspecified atom stereocenters. The summed E-state index contributed by atoms with van der Waals surface area (Å²) in [6.07, 6.45) is 0.916. The molecule has 5 nitrogen and oxygen atoms in total. The predicted octanol–water partition coefficient (Wildman–Crippen LogP) is 2.15. The van der Waals surface area contributed by atoms with E-state index in [4.69, 9.17) is 0 Å². The highest BCUT2D eigenvalue weighted by Crippen LogP contribution is 2.11. The van der Waals surface area contributed by atoms with E-state index in [1.54, 1.807) is 0 Å². The van der Waals surface area contributed by atoms with Crippen molar-refractivity contribution in [1.82, 2.24) is 5.32 Å². The van der Waals surface area contributed by atoms with Crippen molar-refractivity contribution in [3.05, 3.63) is 39.9 Å². The van der Waals surface area contributed by atoms with Crippen LogP contribution in [-0.4, -0.2) is 21.8 Å². The van der Waals surface area contributed by atoms with Gasteiger partial charge in [0.1, 0.15) is 0 Å². The van der Waals surface area contributed by atoms with Crippen molar-refractivity contribution in [2.45, 2.75) is 6.42 Å². The van der Waals surface area contributed by atoms with Crippen LogP contribution in [0.25, 0.3) is 0 Å². The zero-order valence-corrected chi connectivity index (χ0v) is 10.6. The summed E-state index contributed by atoms with van der Waals surface area (Å²) in [4.78, 5) is 21.4. The van der Waals surface area contributed by atoms with Gasteiger partial charge in [0, 0.05) is 28.7 Å². The van der Waals surface area contributed by atoms with E-state index >= 15 is 0 Å². The molecular formula is C10H11IN2O3. The van der Waals surface area contributed by atoms with Crippen LogP contribution in [0.4, 0.5) is 5.69 Å². The summed E-state index contributed by atoms with van der Waals surface area (Å²) in [5.74, 6) is -0.195. The van der Waals surface area contributed by atoms with Gasteiger partial charge in [-0.15, -0.1) is 0 Å². The Kier molecular flexibility index (Phi) is 5.17. The van der Waals surface area contributed by atoms with Gasteiger partial charge in [-0.25, -0.2) is 0 Å². The quantitative estimate of drug-likeness (QED) is 0.295. The van der Waals surface area contributed by atoms with Crippen molar-refractivity contribution in [1.29, 1.82) is 0 Å². The SMILES string of the molecule is O=C(NCCCI)c1ccc([N+](=O)[O-])cc1. The van der Waals surface area contributed by atoms with E-state index in [1.165, 1.54) is 24.3 Å². The summed E-state index contributed by atoms with van der Waals surface area (Å²) in [5.41, 5.74) is 0.433. The lowest BCUT2D eigenvalue weighted by molar-refractivity contribution is -0.384. The fourth-order valence-corrected chi connectivity index (χ4v) is 1.49. The minimum Gasteiger partial charge on any atom is -0.352 e. The normalized spacial score (nSPS) is 9.81. The molecule has 6 heteroatoms. The van der Waals surface area contributed by atoms with E-state index in [-0.39, 0.29) is 11.6 Å². The zero-order valence-electron chi connectivity index (χ0n) is 8.48. The third kappa shape index (κ3) is 3.76. The van der Waals surface area contributed by atoms with E-state index < -0.39 is 4.92 Å². The van der Waals surface area contributed by atoms with Crippen LogP contribution in [0.2, 0.25) is 0 Å². The number of halogens is 1. The number of benzene rings is 1. The van der Waals surface area contributed by atoms with Gasteiger partial charge in [0.25, 0.3) is 11.6 Å². The van der Waals surface area contributed by atoms with Gasteiger partial charge in [0.15, 0.2) is 0 Å². The minimum atomic E-state index is -0.488. The molecule has 0 aromatic heterocycles. The van der Waals surface area contributed by atoms with Crippen molar-refractivity contribution in [2.75, 3.05) is 11.0 Å². The second-order valence-electron chi connectivity index (χ2n) is 3.10. The molecule has 0 spiro atoms. The number of hydrogen-bond donors (Lipinski definition) is 1. The largest absolute Gasteiger partial charge is 0.352 e. The van der Waals surface area contributed by atoms with Crippen LogP contribution in [0.1, 0.15) is 16.8 Å². The van der Waals surface area contributed by atoms with Gasteiger partial charge in [0.2, 0.25) is 0 Å². The Morgan fingerprint density at radius 3 is 2.50 bits per heavy atom. The summed E-state index contributed by atoms with van der Waals surface area (Å²) in [7, 11) is 0. The van der Waals surface area contributed by atoms with Crippen molar-refractivity contribution in [3.8, 4) is 0 Å². The summed E-state index contributed by atoms with van der Waals surface area (Å²) < 4.78 is 0.984. The molecule has 0 aliphatic carbocycles. The van der Waals surface area contributed by atoms with Crippen LogP contribution < -0.4 is 5.32 Å². The molecule has 0 aliphatic rings. The first kappa shape index (κ1) is 12.9. The fourth-order valence-electron chi connectivity index (χ4n) is 1.11. The molecule has 1 aromatic rings. The van der Waals surface area contributed by atoms with Gasteiger partial charge in [-0.05, 0) is 18.6 Å². The molecule has 1 N–H and O–H groups in total. The molecule has 0 aliphatic heterocycles. The monoisotopic (exact) mass is 334 g/mol. The van der Waals surface area contributed by atoms with E-state index in [1.807, 2.05) is 0 Å². The molecule has 1 aromatic carbocycles. The van der Waals surface area contributed by atoms with Crippen molar-refractivity contribution in [2.24, 2.45) is 0 Å². The summed E-state index contributed by atoms with van der Waals surface area (Å²) >= 11 is 2.23. The summed E-state index contributed by atoms with van der Waals surface area (Å²) in [6.45, 7) is 0.624. The van der Waals surface area contributed by atoms with Crippen LogP contribution in [0.3, 0.4) is 0 Å². The number of alkyl halides is 1. The maximum absolute atomic E-state index is 11.5. The highest BCUT2D eigenvalue weighted by atomic mass is 127. The number of carbonyl (C=O) groups excluding carboxylic acids is 1. The van der Waals surface area contributed by atoms with Gasteiger partial charge < -0.3 is 5.32 Å². The van der Waals surface area contributed by atoms with Gasteiger partial charge in [-0.3, -0.25) is 14.9 Å². The zero-order chi connectivity index (χ0) is 12.0. The van der Waals surface area contributed by atoms with Gasteiger partial charge in [-0.1, -0.05) is 22.6 Å². The molecule has 0 saturated heterocycles. The highest BCUT2D eigenvalue weighted by Gasteiger charge is 2.08. The summed E-state index contributed by atoms with van der Waals surface area (Å²) in [6, 6.07) is 5.57. The number of amides is 1. The van der Waals surface area contributed by atoms with Crippen molar-refractivity contribution in [3.63, 3.8) is 0 Å². The molecule has 0 saturated carbocycles. The first-order valence-electron chi connectivity index (χ1n) is 4.74. The number of hydrogen-bond acceptors (Lipinski definition) is 3. The van der Waals surface area contributed by atoms with E-state index in [2.05, 4.69) is 27.9 Å². The van der Waals surface area contributed by atoms with Crippen LogP contribution in [0.5, 0.6) is 0 Å². The third-order valence-electron chi connectivity index (χ3n) is 1.94. The molecule has 86 valence electrons. The van der Waals surface area contributed by atoms with Crippen molar-refractivity contribution < 1.29 is 9.72 Å². The van der Waals surface area contributed by atoms with Crippen LogP contribution in [-0.2, 0) is 0 Å². The Morgan fingerprint density at radius 1 is 1.38 bits per heavy atom. The molecule has 16 heavy (non-hydrogen) atoms. The Balaban J connectivity index is 2.59. The molecule has 1 rings (SSSR count). The lowest BCUT2D eigenvalue weighted by Gasteiger charge is -2.03. The molecule has 1 amide bonds. The minimum absolute atomic E-state index is 0.0104. The molecule has 0 bridgehead atoms. The molecule has 0 fully saturated rings. The third-order valence-corrected chi connectivity index (χ3v) is 2.70. The van der Waals surface area contributed by atoms with Gasteiger partial charge >= 0.3 is 0 Å². The smallest absolute Gasteiger partial charge is 0.269 e. The van der Waals surface area contributed by atoms with Crippen LogP contribution in [0.15, 0.2) is 24.3 Å². The number of nitro benzene ring substituents is 1. The first-order valence-corrected chi connectivity index (χ1v) is 6.26. The van der Waals surface area contributed by atoms with Crippen molar-refractivity contribution >= 4 is 34.2 Å². The van der Waals surface area contributed by atoms with Crippen LogP contribution in [0, 0.1) is 10.1 Å². The topological polar surface area (TPSA) is 72.2 Å². The number of non-ortho nitro benzene ring substituents is 1. The number of nitro groups is 1. The second-order valence-corrected chi connectivity index (χ2v) is 4.18. The standard InChI is InChI=1S/C10H11IN2O3/c11-6-1-7-12-10(14)8-2-4-9(5-3-8)13(15)16/h2-5H,1,6-7H2,(H,12,14). The average molecular weight is 334 g/mol. The van der Waals surface area contributed by atoms with E-state index in [9.17, 15) is 14.9 Å². The fraction of sp³-hybridized carbons (Fsp3) is 0.300. The number of rotatable bonds is 5. The molecule has 0 radical (unpaired) electrons. The molecular weight excluding hydrogens is 323 g/mol. The average Bonchev–Trinajstić information content (AvgIpc) is 2.29. The Morgan fingerprint density at radius 2 is 2.00 bits per heavy atom. The van der Waals surface area contributed by atoms with Gasteiger partial charge in [0.05, 0.1) is 4.92 Å². The molecule has 0 atom stereocenters. The summed E-state index contributed by atoms with van der Waals surface area (Å²) in [5, 5.41) is 13.1. The maximum atomic E-state index is 11.5. The van der Waals surface area contributed by atoms with Crippen LogP contribution >= 0.6 is 22.6 Å².